The molecular weight excluding hydrogens is 303 g/mol. The highest BCUT2D eigenvalue weighted by Crippen LogP contribution is 2.37. The van der Waals surface area contributed by atoms with E-state index < -0.39 is 74.7 Å². The fourth-order valence-electron chi connectivity index (χ4n) is 2.30. The molecule has 24 heavy (non-hydrogen) atoms. The first-order valence-electron chi connectivity index (χ1n) is 14.4. The van der Waals surface area contributed by atoms with Crippen molar-refractivity contribution in [2.75, 3.05) is 44.9 Å². The zero-order chi connectivity index (χ0) is 29.7. The number of hydrogen-bond donors (Lipinski definition) is 0. The molecule has 0 N–H and O–H groups in total. The first-order chi connectivity index (χ1) is 16.6. The van der Waals surface area contributed by atoms with E-state index in [4.69, 9.17) is 33.2 Å². The van der Waals surface area contributed by atoms with Gasteiger partial charge in [-0.05, 0) is 40.7 Å². The Bertz CT molecular complexity index is 1050. The molecule has 2 saturated heterocycles. The molecule has 2 aliphatic rings. The highest BCUT2D eigenvalue weighted by Gasteiger charge is 2.52. The van der Waals surface area contributed by atoms with Gasteiger partial charge in [0.2, 0.25) is 0 Å². The number of ether oxygens (including phenoxy) is 1. The maximum Gasteiger partial charge on any atom is 0.498 e. The molecule has 2 heterocycles. The Morgan fingerprint density at radius 1 is 1.12 bits per heavy atom. The number of rotatable bonds is 3. The SMILES string of the molecule is [2H]C([2H])([2H])Oc1cc(N2C([2H])([2H])C([2H])([2H])N(C([2H])([2H])[2H])C([2H])([2H])C2([2H])[2H])ccc1B1OC(C)(C)C(C)(C)O1. The van der Waals surface area contributed by atoms with Gasteiger partial charge in [-0.2, -0.15) is 0 Å². The first-order valence-corrected chi connectivity index (χ1v) is 7.41. The van der Waals surface area contributed by atoms with Gasteiger partial charge in [0.1, 0.15) is 5.75 Å². The van der Waals surface area contributed by atoms with Gasteiger partial charge in [-0.1, -0.05) is 6.07 Å². The number of benzene rings is 1. The lowest BCUT2D eigenvalue weighted by atomic mass is 9.78. The molecule has 0 radical (unpaired) electrons. The second-order valence-electron chi connectivity index (χ2n) is 6.53. The van der Waals surface area contributed by atoms with Crippen LogP contribution in [-0.2, 0) is 9.31 Å². The zero-order valence-electron chi connectivity index (χ0n) is 27.9. The third kappa shape index (κ3) is 3.15. The van der Waals surface area contributed by atoms with Gasteiger partial charge in [0, 0.05) is 52.8 Å². The molecule has 1 aromatic rings. The summed E-state index contributed by atoms with van der Waals surface area (Å²) in [5.41, 5.74) is -2.13. The fourth-order valence-corrected chi connectivity index (χ4v) is 2.30. The van der Waals surface area contributed by atoms with E-state index in [0.717, 1.165) is 12.1 Å². The molecule has 0 bridgehead atoms. The summed E-state index contributed by atoms with van der Waals surface area (Å²) in [6.07, 6.45) is 0. The topological polar surface area (TPSA) is 34.2 Å². The molecule has 5 nitrogen and oxygen atoms in total. The molecule has 3 rings (SSSR count). The van der Waals surface area contributed by atoms with E-state index in [9.17, 15) is 0 Å². The van der Waals surface area contributed by atoms with Gasteiger partial charge in [0.15, 0.2) is 0 Å². The van der Waals surface area contributed by atoms with Gasteiger partial charge in [0.05, 0.1) is 27.8 Å². The Balaban J connectivity index is 2.23. The summed E-state index contributed by atoms with van der Waals surface area (Å²) in [6, 6.07) is 3.21. The van der Waals surface area contributed by atoms with E-state index in [2.05, 4.69) is 0 Å². The van der Waals surface area contributed by atoms with Crippen LogP contribution in [0.15, 0.2) is 18.2 Å². The van der Waals surface area contributed by atoms with Crippen LogP contribution in [0.2, 0.25) is 0 Å². The lowest BCUT2D eigenvalue weighted by Gasteiger charge is -2.34. The lowest BCUT2D eigenvalue weighted by Crippen LogP contribution is -2.44. The van der Waals surface area contributed by atoms with E-state index in [1.165, 1.54) is 6.07 Å². The van der Waals surface area contributed by atoms with Crippen molar-refractivity contribution in [1.82, 2.24) is 4.90 Å². The molecule has 0 unspecified atom stereocenters. The van der Waals surface area contributed by atoms with Gasteiger partial charge in [-0.15, -0.1) is 0 Å². The highest BCUT2D eigenvalue weighted by molar-refractivity contribution is 6.63. The van der Waals surface area contributed by atoms with Crippen molar-refractivity contribution in [1.29, 1.82) is 0 Å². The van der Waals surface area contributed by atoms with Crippen molar-refractivity contribution in [3.8, 4) is 5.75 Å². The summed E-state index contributed by atoms with van der Waals surface area (Å²) in [4.78, 5) is -0.329. The van der Waals surface area contributed by atoms with E-state index >= 15 is 0 Å². The van der Waals surface area contributed by atoms with Crippen molar-refractivity contribution in [2.45, 2.75) is 38.9 Å². The molecule has 0 atom stereocenters. The van der Waals surface area contributed by atoms with Crippen LogP contribution in [0.25, 0.3) is 0 Å². The summed E-state index contributed by atoms with van der Waals surface area (Å²) >= 11 is 0. The minimum absolute atomic E-state index is 0.0526. The van der Waals surface area contributed by atoms with Crippen LogP contribution >= 0.6 is 0 Å². The van der Waals surface area contributed by atoms with Gasteiger partial charge < -0.3 is 23.8 Å². The van der Waals surface area contributed by atoms with Gasteiger partial charge in [-0.3, -0.25) is 0 Å². The minimum atomic E-state index is -3.59. The second kappa shape index (κ2) is 6.25. The molecule has 0 aliphatic carbocycles. The van der Waals surface area contributed by atoms with Crippen LogP contribution in [-0.4, -0.2) is 63.2 Å². The number of nitrogens with zero attached hydrogens (tertiary/aromatic N) is 2. The molecular formula is C18H29BN2O3. The molecule has 1 aromatic carbocycles. The predicted molar refractivity (Wildman–Crippen MR) is 98.4 cm³/mol. The summed E-state index contributed by atoms with van der Waals surface area (Å²) in [5, 5.41) is 0. The van der Waals surface area contributed by atoms with E-state index in [0.29, 0.717) is 0 Å². The summed E-state index contributed by atoms with van der Waals surface area (Å²) in [5.74, 6) is -0.438. The quantitative estimate of drug-likeness (QED) is 0.779. The average Bonchev–Trinajstić information content (AvgIpc) is 2.84. The number of hydrogen-bond acceptors (Lipinski definition) is 5. The van der Waals surface area contributed by atoms with Crippen molar-refractivity contribution < 1.29 is 33.2 Å². The van der Waals surface area contributed by atoms with Crippen molar-refractivity contribution in [3.63, 3.8) is 0 Å². The molecule has 2 aliphatic heterocycles. The third-order valence-electron chi connectivity index (χ3n) is 4.42. The molecule has 2 fully saturated rings. The molecule has 6 heteroatoms. The maximum absolute atomic E-state index is 8.46. The van der Waals surface area contributed by atoms with E-state index in [1.54, 1.807) is 27.7 Å². The second-order valence-corrected chi connectivity index (χ2v) is 6.53. The number of piperazine rings is 1. The van der Waals surface area contributed by atoms with Crippen molar-refractivity contribution in [3.05, 3.63) is 18.2 Å². The Hall–Kier alpha value is -1.24. The standard InChI is InChI=1S/C18H29BN2O3/c1-17(2)18(3,4)24-19(23-17)15-8-7-14(13-16(15)22-6)21-11-9-20(5)10-12-21/h7-8,13H,9-12H2,1-6H3/i5D3,6D3,9D2,10D2,11D2,12D2. The maximum atomic E-state index is 8.46. The summed E-state index contributed by atoms with van der Waals surface area (Å²) < 4.78 is 129. The minimum Gasteiger partial charge on any atom is -0.497 e. The van der Waals surface area contributed by atoms with Gasteiger partial charge in [0.25, 0.3) is 0 Å². The summed E-state index contributed by atoms with van der Waals surface area (Å²) in [7, 11) is -4.18. The lowest BCUT2D eigenvalue weighted by molar-refractivity contribution is 0.00578. The van der Waals surface area contributed by atoms with Gasteiger partial charge >= 0.3 is 7.12 Å². The Kier molecular flexibility index (Phi) is 1.87. The Morgan fingerprint density at radius 3 is 2.38 bits per heavy atom. The Morgan fingerprint density at radius 2 is 1.79 bits per heavy atom. The average molecular weight is 346 g/mol. The van der Waals surface area contributed by atoms with Gasteiger partial charge in [-0.25, -0.2) is 0 Å². The number of likely N-dealkylation sites (N-methyl/N-ethyl adjacent to an activating group) is 1. The van der Waals surface area contributed by atoms with Crippen LogP contribution in [0.4, 0.5) is 5.69 Å². The highest BCUT2D eigenvalue weighted by atomic mass is 16.7. The molecule has 0 aromatic heterocycles. The molecule has 0 amide bonds. The fraction of sp³-hybridized carbons (Fsp3) is 0.667. The van der Waals surface area contributed by atoms with Crippen LogP contribution in [0.3, 0.4) is 0 Å². The smallest absolute Gasteiger partial charge is 0.497 e. The first kappa shape index (κ1) is 7.18. The van der Waals surface area contributed by atoms with Crippen LogP contribution in [0, 0.1) is 0 Å². The normalized spacial score (nSPS) is 41.7. The van der Waals surface area contributed by atoms with Crippen molar-refractivity contribution in [2.24, 2.45) is 0 Å². The van der Waals surface area contributed by atoms with E-state index in [-0.39, 0.29) is 10.4 Å². The largest absolute Gasteiger partial charge is 0.498 e. The zero-order valence-corrected chi connectivity index (χ0v) is 13.9. The van der Waals surface area contributed by atoms with Crippen LogP contribution in [0.1, 0.15) is 46.9 Å². The van der Waals surface area contributed by atoms with Crippen molar-refractivity contribution >= 4 is 18.3 Å². The molecule has 132 valence electrons. The number of methoxy groups -OCH3 is 1. The molecule has 0 spiro atoms. The van der Waals surface area contributed by atoms with Crippen LogP contribution < -0.4 is 15.1 Å². The Labute approximate surface area is 165 Å². The monoisotopic (exact) mass is 346 g/mol. The van der Waals surface area contributed by atoms with E-state index in [1.807, 2.05) is 0 Å². The molecule has 0 saturated carbocycles. The number of anilines is 1. The van der Waals surface area contributed by atoms with Crippen LogP contribution in [0.5, 0.6) is 5.75 Å². The predicted octanol–water partition coefficient (Wildman–Crippen LogP) is 1.75. The third-order valence-corrected chi connectivity index (χ3v) is 4.42. The summed E-state index contributed by atoms with van der Waals surface area (Å²) in [6.45, 7) is -10.7.